The van der Waals surface area contributed by atoms with Gasteiger partial charge >= 0.3 is 0 Å². The molecule has 3 aromatic rings. The predicted molar refractivity (Wildman–Crippen MR) is 133 cm³/mol. The molecule has 1 fully saturated rings. The first kappa shape index (κ1) is 23.2. The molecule has 1 saturated carbocycles. The molecule has 2 aromatic carbocycles. The van der Waals surface area contributed by atoms with Gasteiger partial charge in [-0.25, -0.2) is 4.98 Å². The molecular weight excluding hydrogens is 465 g/mol. The fraction of sp³-hybridized carbons (Fsp3) is 0.360. The van der Waals surface area contributed by atoms with Gasteiger partial charge in [-0.05, 0) is 49.6 Å². The summed E-state index contributed by atoms with van der Waals surface area (Å²) in [6, 6.07) is 13.0. The fourth-order valence-electron chi connectivity index (χ4n) is 4.40. The van der Waals surface area contributed by atoms with Gasteiger partial charge in [-0.3, -0.25) is 4.79 Å². The van der Waals surface area contributed by atoms with Gasteiger partial charge in [-0.15, -0.1) is 0 Å². The molecule has 7 heteroatoms. The van der Waals surface area contributed by atoms with E-state index in [4.69, 9.17) is 39.8 Å². The van der Waals surface area contributed by atoms with E-state index in [1.165, 1.54) is 6.42 Å². The molecule has 1 aliphatic rings. The summed E-state index contributed by atoms with van der Waals surface area (Å²) in [5, 5.41) is 1.68. The summed E-state index contributed by atoms with van der Waals surface area (Å²) in [7, 11) is 0. The summed E-state index contributed by atoms with van der Waals surface area (Å²) >= 11 is 18.7. The summed E-state index contributed by atoms with van der Waals surface area (Å²) in [6.07, 6.45) is 6.57. The van der Waals surface area contributed by atoms with Crippen LogP contribution < -0.4 is 0 Å². The molecule has 0 saturated heterocycles. The maximum Gasteiger partial charge on any atom is 0.289 e. The van der Waals surface area contributed by atoms with E-state index in [0.717, 1.165) is 49.8 Å². The molecule has 0 aliphatic heterocycles. The first-order chi connectivity index (χ1) is 15.5. The molecule has 0 unspecified atom stereocenters. The molecule has 1 N–H and O–H groups in total. The maximum absolute atomic E-state index is 13.6. The van der Waals surface area contributed by atoms with Gasteiger partial charge in [0.25, 0.3) is 5.91 Å². The number of hydrogen-bond acceptors (Lipinski definition) is 2. The van der Waals surface area contributed by atoms with E-state index in [1.54, 1.807) is 12.1 Å². The smallest absolute Gasteiger partial charge is 0.289 e. The van der Waals surface area contributed by atoms with Crippen LogP contribution in [0.1, 0.15) is 56.1 Å². The number of H-pyrrole nitrogens is 1. The molecule has 0 bridgehead atoms. The number of hydrogen-bond donors (Lipinski definition) is 1. The van der Waals surface area contributed by atoms with Gasteiger partial charge in [-0.1, -0.05) is 73.1 Å². The number of imidazole rings is 1. The van der Waals surface area contributed by atoms with Crippen molar-refractivity contribution in [3.63, 3.8) is 0 Å². The van der Waals surface area contributed by atoms with E-state index < -0.39 is 0 Å². The number of aromatic amines is 1. The van der Waals surface area contributed by atoms with E-state index in [0.29, 0.717) is 32.3 Å². The van der Waals surface area contributed by atoms with E-state index in [2.05, 4.69) is 11.9 Å². The van der Waals surface area contributed by atoms with Crippen LogP contribution in [0.3, 0.4) is 0 Å². The lowest BCUT2D eigenvalue weighted by Crippen LogP contribution is -2.42. The largest absolute Gasteiger partial charge is 0.333 e. The average Bonchev–Trinajstić information content (AvgIpc) is 3.23. The van der Waals surface area contributed by atoms with Crippen LogP contribution in [0, 0.1) is 0 Å². The van der Waals surface area contributed by atoms with Crippen molar-refractivity contribution in [3.8, 4) is 22.5 Å². The summed E-state index contributed by atoms with van der Waals surface area (Å²) in [5.74, 6) is 0.264. The minimum absolute atomic E-state index is 0.0645. The number of halogens is 3. The second-order valence-corrected chi connectivity index (χ2v) is 9.51. The Bertz CT molecular complexity index is 1090. The van der Waals surface area contributed by atoms with Crippen molar-refractivity contribution in [2.75, 3.05) is 6.54 Å². The van der Waals surface area contributed by atoms with Gasteiger partial charge in [0.15, 0.2) is 5.82 Å². The molecule has 32 heavy (non-hydrogen) atoms. The lowest BCUT2D eigenvalue weighted by molar-refractivity contribution is 0.0623. The van der Waals surface area contributed by atoms with Gasteiger partial charge in [0, 0.05) is 33.8 Å². The van der Waals surface area contributed by atoms with Crippen molar-refractivity contribution >= 4 is 40.7 Å². The van der Waals surface area contributed by atoms with Crippen LogP contribution in [0.15, 0.2) is 42.5 Å². The molecule has 4 nitrogen and oxygen atoms in total. The van der Waals surface area contributed by atoms with Crippen molar-refractivity contribution in [2.24, 2.45) is 0 Å². The second-order valence-electron chi connectivity index (χ2n) is 8.23. The van der Waals surface area contributed by atoms with Crippen LogP contribution in [0.25, 0.3) is 22.5 Å². The normalized spacial score (nSPS) is 14.5. The standard InChI is InChI=1S/C25H26Cl3N3O/c1-2-14-31(19-6-4-3-5-7-19)25(32)24-29-22(16-8-10-17(26)11-9-16)23(30-24)20-13-12-18(27)15-21(20)28/h8-13,15,19H,2-7,14H2,1H3,(H,29,30). The predicted octanol–water partition coefficient (Wildman–Crippen LogP) is 7.89. The zero-order chi connectivity index (χ0) is 22.7. The number of rotatable bonds is 6. The van der Waals surface area contributed by atoms with E-state index in [-0.39, 0.29) is 11.9 Å². The summed E-state index contributed by atoms with van der Waals surface area (Å²) in [6.45, 7) is 2.82. The summed E-state index contributed by atoms with van der Waals surface area (Å²) in [5.41, 5.74) is 2.95. The monoisotopic (exact) mass is 489 g/mol. The van der Waals surface area contributed by atoms with Crippen LogP contribution in [-0.4, -0.2) is 33.4 Å². The topological polar surface area (TPSA) is 49.0 Å². The van der Waals surface area contributed by atoms with Crippen LogP contribution in [0.2, 0.25) is 15.1 Å². The number of aromatic nitrogens is 2. The molecular formula is C25H26Cl3N3O. The van der Waals surface area contributed by atoms with Crippen molar-refractivity contribution < 1.29 is 4.79 Å². The molecule has 4 rings (SSSR count). The highest BCUT2D eigenvalue weighted by Crippen LogP contribution is 2.36. The first-order valence-corrected chi connectivity index (χ1v) is 12.2. The van der Waals surface area contributed by atoms with Crippen LogP contribution in [-0.2, 0) is 0 Å². The Balaban J connectivity index is 1.78. The van der Waals surface area contributed by atoms with E-state index in [9.17, 15) is 4.79 Å². The maximum atomic E-state index is 13.6. The molecule has 0 radical (unpaired) electrons. The lowest BCUT2D eigenvalue weighted by Gasteiger charge is -2.33. The summed E-state index contributed by atoms with van der Waals surface area (Å²) in [4.78, 5) is 23.7. The minimum atomic E-state index is -0.0645. The van der Waals surface area contributed by atoms with Crippen molar-refractivity contribution in [3.05, 3.63) is 63.4 Å². The zero-order valence-corrected chi connectivity index (χ0v) is 20.3. The highest BCUT2D eigenvalue weighted by molar-refractivity contribution is 6.36. The second kappa shape index (κ2) is 10.3. The number of nitrogens with one attached hydrogen (secondary N) is 1. The molecule has 1 aliphatic carbocycles. The zero-order valence-electron chi connectivity index (χ0n) is 18.0. The first-order valence-electron chi connectivity index (χ1n) is 11.1. The van der Waals surface area contributed by atoms with Crippen LogP contribution in [0.5, 0.6) is 0 Å². The third-order valence-electron chi connectivity index (χ3n) is 5.97. The van der Waals surface area contributed by atoms with Gasteiger partial charge < -0.3 is 9.88 Å². The molecule has 1 aromatic heterocycles. The minimum Gasteiger partial charge on any atom is -0.333 e. The Morgan fingerprint density at radius 3 is 2.38 bits per heavy atom. The SMILES string of the molecule is CCCN(C(=O)c1nc(-c2ccc(Cl)cc2)c(-c2ccc(Cl)cc2Cl)[nH]1)C1CCCCC1. The third-order valence-corrected chi connectivity index (χ3v) is 6.77. The Morgan fingerprint density at radius 1 is 1.03 bits per heavy atom. The van der Waals surface area contributed by atoms with E-state index >= 15 is 0 Å². The molecule has 0 spiro atoms. The molecule has 168 valence electrons. The van der Waals surface area contributed by atoms with Gasteiger partial charge in [0.1, 0.15) is 0 Å². The number of amides is 1. The Morgan fingerprint density at radius 2 is 1.72 bits per heavy atom. The Labute approximate surface area is 203 Å². The number of nitrogens with zero attached hydrogens (tertiary/aromatic N) is 2. The Hall–Kier alpha value is -2.01. The van der Waals surface area contributed by atoms with Crippen molar-refractivity contribution in [2.45, 2.75) is 51.5 Å². The van der Waals surface area contributed by atoms with Crippen molar-refractivity contribution in [1.29, 1.82) is 0 Å². The fourth-order valence-corrected chi connectivity index (χ4v) is 5.03. The van der Waals surface area contributed by atoms with Gasteiger partial charge in [0.05, 0.1) is 16.4 Å². The number of carbonyl (C=O) groups is 1. The molecule has 0 atom stereocenters. The van der Waals surface area contributed by atoms with E-state index in [1.807, 2.05) is 35.2 Å². The van der Waals surface area contributed by atoms with Crippen molar-refractivity contribution in [1.82, 2.24) is 14.9 Å². The molecule has 1 heterocycles. The van der Waals surface area contributed by atoms with Crippen LogP contribution in [0.4, 0.5) is 0 Å². The van der Waals surface area contributed by atoms with Crippen LogP contribution >= 0.6 is 34.8 Å². The van der Waals surface area contributed by atoms with Gasteiger partial charge in [0.2, 0.25) is 0 Å². The highest BCUT2D eigenvalue weighted by Gasteiger charge is 2.29. The molecule has 1 amide bonds. The summed E-state index contributed by atoms with van der Waals surface area (Å²) < 4.78 is 0. The number of carbonyl (C=O) groups excluding carboxylic acids is 1. The average molecular weight is 491 g/mol. The quantitative estimate of drug-likeness (QED) is 0.382. The van der Waals surface area contributed by atoms with Gasteiger partial charge in [-0.2, -0.15) is 0 Å². The number of benzene rings is 2. The lowest BCUT2D eigenvalue weighted by atomic mass is 9.94. The third kappa shape index (κ3) is 4.98. The highest BCUT2D eigenvalue weighted by atomic mass is 35.5. The Kier molecular flexibility index (Phi) is 7.44.